The average Bonchev–Trinajstić information content (AvgIpc) is 2.66. The van der Waals surface area contributed by atoms with E-state index < -0.39 is 6.10 Å². The van der Waals surface area contributed by atoms with Gasteiger partial charge in [-0.3, -0.25) is 9.78 Å². The summed E-state index contributed by atoms with van der Waals surface area (Å²) in [5.74, 6) is -0.287. The zero-order valence-electron chi connectivity index (χ0n) is 15.8. The molecule has 3 rings (SSSR count). The number of benzene rings is 1. The van der Waals surface area contributed by atoms with Crippen LogP contribution in [0, 0.1) is 20.8 Å². The van der Waals surface area contributed by atoms with Gasteiger partial charge in [-0.05, 0) is 44.0 Å². The summed E-state index contributed by atoms with van der Waals surface area (Å²) >= 11 is 0. The second kappa shape index (κ2) is 8.18. The number of ether oxygens (including phenoxy) is 1. The third-order valence-corrected chi connectivity index (χ3v) is 4.54. The number of urea groups is 1. The fourth-order valence-electron chi connectivity index (χ4n) is 2.95. The summed E-state index contributed by atoms with van der Waals surface area (Å²) in [6.07, 6.45) is 0.880. The fourth-order valence-corrected chi connectivity index (χ4v) is 2.95. The summed E-state index contributed by atoms with van der Waals surface area (Å²) in [7, 11) is 0. The van der Waals surface area contributed by atoms with Crippen molar-refractivity contribution in [2.24, 2.45) is 0 Å². The third-order valence-electron chi connectivity index (χ3n) is 4.54. The van der Waals surface area contributed by atoms with Crippen LogP contribution in [0.3, 0.4) is 0 Å². The van der Waals surface area contributed by atoms with E-state index in [0.717, 1.165) is 22.5 Å². The second-order valence-corrected chi connectivity index (χ2v) is 6.68. The van der Waals surface area contributed by atoms with Gasteiger partial charge in [0.1, 0.15) is 0 Å². The Balaban J connectivity index is 1.62. The molecule has 1 aromatic heterocycles. The maximum atomic E-state index is 12.7. The predicted molar refractivity (Wildman–Crippen MR) is 104 cm³/mol. The van der Waals surface area contributed by atoms with Gasteiger partial charge in [-0.25, -0.2) is 4.79 Å². The quantitative estimate of drug-likeness (QED) is 0.873. The van der Waals surface area contributed by atoms with Crippen molar-refractivity contribution in [3.8, 4) is 0 Å². The van der Waals surface area contributed by atoms with Crippen LogP contribution < -0.4 is 10.6 Å². The van der Waals surface area contributed by atoms with Crippen LogP contribution in [0.25, 0.3) is 0 Å². The summed E-state index contributed by atoms with van der Waals surface area (Å²) < 4.78 is 5.56. The molecule has 142 valence electrons. The topological polar surface area (TPSA) is 83.6 Å². The lowest BCUT2D eigenvalue weighted by Gasteiger charge is -2.32. The number of carbonyl (C=O) groups is 2. The monoisotopic (exact) mass is 368 g/mol. The number of nitrogens with zero attached hydrogens (tertiary/aromatic N) is 2. The Morgan fingerprint density at radius 2 is 1.85 bits per heavy atom. The van der Waals surface area contributed by atoms with Crippen molar-refractivity contribution in [2.75, 3.05) is 30.3 Å². The molecule has 0 radical (unpaired) electrons. The van der Waals surface area contributed by atoms with Gasteiger partial charge in [0.25, 0.3) is 5.91 Å². The van der Waals surface area contributed by atoms with Gasteiger partial charge in [0.05, 0.1) is 25.0 Å². The number of amides is 3. The molecule has 1 aromatic carbocycles. The Morgan fingerprint density at radius 3 is 2.52 bits per heavy atom. The van der Waals surface area contributed by atoms with Crippen molar-refractivity contribution >= 4 is 23.3 Å². The van der Waals surface area contributed by atoms with Gasteiger partial charge < -0.3 is 20.3 Å². The SMILES string of the molecule is Cc1ccc(NC(=O)[C@@H]2CN(C(=O)Nc3c(C)cccc3C)CCO2)cn1. The van der Waals surface area contributed by atoms with Crippen LogP contribution >= 0.6 is 0 Å². The highest BCUT2D eigenvalue weighted by molar-refractivity contribution is 5.95. The molecule has 0 aliphatic carbocycles. The van der Waals surface area contributed by atoms with E-state index >= 15 is 0 Å². The number of para-hydroxylation sites is 1. The summed E-state index contributed by atoms with van der Waals surface area (Å²) in [5.41, 5.74) is 4.28. The Labute approximate surface area is 158 Å². The van der Waals surface area contributed by atoms with Gasteiger partial charge in [-0.1, -0.05) is 18.2 Å². The fraction of sp³-hybridized carbons (Fsp3) is 0.350. The molecule has 0 unspecified atom stereocenters. The number of anilines is 2. The standard InChI is InChI=1S/C20H24N4O3/c1-13-5-4-6-14(2)18(13)23-20(26)24-9-10-27-17(12-24)19(25)22-16-8-7-15(3)21-11-16/h4-8,11,17H,9-10,12H2,1-3H3,(H,22,25)(H,23,26)/t17-/m0/s1. The molecule has 2 N–H and O–H groups in total. The number of rotatable bonds is 3. The zero-order valence-corrected chi connectivity index (χ0v) is 15.8. The van der Waals surface area contributed by atoms with E-state index in [-0.39, 0.29) is 18.5 Å². The molecule has 27 heavy (non-hydrogen) atoms. The van der Waals surface area contributed by atoms with Gasteiger partial charge >= 0.3 is 6.03 Å². The molecule has 0 bridgehead atoms. The Hall–Kier alpha value is -2.93. The number of pyridine rings is 1. The molecular formula is C20H24N4O3. The number of aromatic nitrogens is 1. The number of carbonyl (C=O) groups excluding carboxylic acids is 2. The molecule has 0 saturated carbocycles. The lowest BCUT2D eigenvalue weighted by molar-refractivity contribution is -0.131. The summed E-state index contributed by atoms with van der Waals surface area (Å²) in [4.78, 5) is 30.9. The van der Waals surface area contributed by atoms with Gasteiger partial charge in [-0.15, -0.1) is 0 Å². The van der Waals surface area contributed by atoms with Crippen molar-refractivity contribution in [1.29, 1.82) is 0 Å². The first kappa shape index (κ1) is 18.8. The van der Waals surface area contributed by atoms with Crippen molar-refractivity contribution in [3.05, 3.63) is 53.3 Å². The molecule has 0 spiro atoms. The molecule has 3 amide bonds. The number of hydrogen-bond acceptors (Lipinski definition) is 4. The van der Waals surface area contributed by atoms with Crippen LogP contribution in [0.5, 0.6) is 0 Å². The first-order valence-corrected chi connectivity index (χ1v) is 8.91. The lowest BCUT2D eigenvalue weighted by Crippen LogP contribution is -2.51. The number of nitrogens with one attached hydrogen (secondary N) is 2. The van der Waals surface area contributed by atoms with E-state index in [4.69, 9.17) is 4.74 Å². The van der Waals surface area contributed by atoms with E-state index in [1.165, 1.54) is 0 Å². The first-order valence-electron chi connectivity index (χ1n) is 8.91. The largest absolute Gasteiger partial charge is 0.365 e. The molecule has 7 nitrogen and oxygen atoms in total. The first-order chi connectivity index (χ1) is 12.9. The minimum absolute atomic E-state index is 0.196. The van der Waals surface area contributed by atoms with E-state index in [9.17, 15) is 9.59 Å². The van der Waals surface area contributed by atoms with Crippen molar-refractivity contribution in [2.45, 2.75) is 26.9 Å². The third kappa shape index (κ3) is 4.62. The minimum Gasteiger partial charge on any atom is -0.365 e. The smallest absolute Gasteiger partial charge is 0.322 e. The lowest BCUT2D eigenvalue weighted by atomic mass is 10.1. The van der Waals surface area contributed by atoms with E-state index in [1.807, 2.05) is 45.0 Å². The summed E-state index contributed by atoms with van der Waals surface area (Å²) in [6.45, 7) is 6.73. The van der Waals surface area contributed by atoms with Crippen LogP contribution in [0.15, 0.2) is 36.5 Å². The van der Waals surface area contributed by atoms with Crippen LogP contribution in [-0.4, -0.2) is 47.6 Å². The maximum Gasteiger partial charge on any atom is 0.322 e. The van der Waals surface area contributed by atoms with Crippen LogP contribution in [0.4, 0.5) is 16.2 Å². The van der Waals surface area contributed by atoms with Crippen LogP contribution in [0.1, 0.15) is 16.8 Å². The molecule has 1 atom stereocenters. The van der Waals surface area contributed by atoms with E-state index in [0.29, 0.717) is 18.8 Å². The highest BCUT2D eigenvalue weighted by atomic mass is 16.5. The number of aryl methyl sites for hydroxylation is 3. The van der Waals surface area contributed by atoms with Crippen molar-refractivity contribution in [3.63, 3.8) is 0 Å². The molecule has 1 fully saturated rings. The maximum absolute atomic E-state index is 12.7. The van der Waals surface area contributed by atoms with Gasteiger partial charge in [0, 0.05) is 17.9 Å². The molecule has 7 heteroatoms. The van der Waals surface area contributed by atoms with E-state index in [2.05, 4.69) is 15.6 Å². The number of hydrogen-bond donors (Lipinski definition) is 2. The van der Waals surface area contributed by atoms with Gasteiger partial charge in [0.2, 0.25) is 0 Å². The summed E-state index contributed by atoms with van der Waals surface area (Å²) in [6, 6.07) is 9.23. The predicted octanol–water partition coefficient (Wildman–Crippen LogP) is 2.88. The molecule has 1 aliphatic heterocycles. The molecular weight excluding hydrogens is 344 g/mol. The van der Waals surface area contributed by atoms with Crippen LogP contribution in [0.2, 0.25) is 0 Å². The van der Waals surface area contributed by atoms with Gasteiger partial charge in [-0.2, -0.15) is 0 Å². The molecule has 1 saturated heterocycles. The van der Waals surface area contributed by atoms with E-state index in [1.54, 1.807) is 17.2 Å². The highest BCUT2D eigenvalue weighted by Gasteiger charge is 2.29. The molecule has 1 aliphatic rings. The normalized spacial score (nSPS) is 16.7. The molecule has 2 heterocycles. The van der Waals surface area contributed by atoms with Crippen molar-refractivity contribution in [1.82, 2.24) is 9.88 Å². The Bertz CT molecular complexity index is 815. The van der Waals surface area contributed by atoms with Crippen molar-refractivity contribution < 1.29 is 14.3 Å². The zero-order chi connectivity index (χ0) is 19.4. The minimum atomic E-state index is -0.719. The highest BCUT2D eigenvalue weighted by Crippen LogP contribution is 2.20. The average molecular weight is 368 g/mol. The summed E-state index contributed by atoms with van der Waals surface area (Å²) in [5, 5.41) is 5.73. The Kier molecular flexibility index (Phi) is 5.71. The molecule has 2 aromatic rings. The number of morpholine rings is 1. The second-order valence-electron chi connectivity index (χ2n) is 6.68. The van der Waals surface area contributed by atoms with Gasteiger partial charge in [0.15, 0.2) is 6.10 Å². The Morgan fingerprint density at radius 1 is 1.11 bits per heavy atom. The van der Waals surface area contributed by atoms with Crippen LogP contribution in [-0.2, 0) is 9.53 Å².